The summed E-state index contributed by atoms with van der Waals surface area (Å²) in [5, 5.41) is 3.41. The van der Waals surface area contributed by atoms with Crippen molar-refractivity contribution in [2.45, 2.75) is 25.8 Å². The van der Waals surface area contributed by atoms with Crippen LogP contribution in [0.1, 0.15) is 23.1 Å². The summed E-state index contributed by atoms with van der Waals surface area (Å²) >= 11 is 5.82. The van der Waals surface area contributed by atoms with E-state index in [2.05, 4.69) is 11.4 Å². The molecule has 1 N–H and O–H groups in total. The van der Waals surface area contributed by atoms with Crippen LogP contribution in [-0.2, 0) is 34.2 Å². The lowest BCUT2D eigenvalue weighted by molar-refractivity contribution is -0.120. The number of hydrogen-bond donors (Lipinski definition) is 1. The quantitative estimate of drug-likeness (QED) is 0.719. The van der Waals surface area contributed by atoms with Gasteiger partial charge in [0.2, 0.25) is 15.9 Å². The Kier molecular flexibility index (Phi) is 6.52. The first-order valence-corrected chi connectivity index (χ1v) is 11.0. The summed E-state index contributed by atoms with van der Waals surface area (Å²) in [5.41, 5.74) is 3.17. The van der Waals surface area contributed by atoms with Crippen LogP contribution in [0.3, 0.4) is 0 Å². The third kappa shape index (κ3) is 5.54. The molecule has 5 nitrogen and oxygen atoms in total. The second-order valence-electron chi connectivity index (χ2n) is 6.68. The molecule has 0 saturated heterocycles. The lowest BCUT2D eigenvalue weighted by Crippen LogP contribution is -2.38. The summed E-state index contributed by atoms with van der Waals surface area (Å²) < 4.78 is 26.7. The van der Waals surface area contributed by atoms with Crippen LogP contribution in [0.4, 0.5) is 0 Å². The summed E-state index contributed by atoms with van der Waals surface area (Å²) in [6.45, 7) is 1.29. The fourth-order valence-electron chi connectivity index (χ4n) is 3.17. The number of nitrogens with zero attached hydrogens (tertiary/aromatic N) is 1. The Hall–Kier alpha value is -1.89. The van der Waals surface area contributed by atoms with Crippen LogP contribution in [-0.4, -0.2) is 37.5 Å². The second kappa shape index (κ2) is 8.87. The van der Waals surface area contributed by atoms with Crippen LogP contribution in [0, 0.1) is 0 Å². The van der Waals surface area contributed by atoms with E-state index < -0.39 is 10.0 Å². The highest BCUT2D eigenvalue weighted by atomic mass is 35.5. The van der Waals surface area contributed by atoms with Crippen molar-refractivity contribution in [3.8, 4) is 0 Å². The van der Waals surface area contributed by atoms with Gasteiger partial charge in [-0.05, 0) is 41.7 Å². The molecular formula is C20H23ClN2O3S. The van der Waals surface area contributed by atoms with Crippen LogP contribution in [0.15, 0.2) is 48.5 Å². The van der Waals surface area contributed by atoms with Gasteiger partial charge in [0.1, 0.15) is 0 Å². The first-order valence-electron chi connectivity index (χ1n) is 9.00. The zero-order chi connectivity index (χ0) is 19.3. The predicted octanol–water partition coefficient (Wildman–Crippen LogP) is 2.78. The van der Waals surface area contributed by atoms with Crippen molar-refractivity contribution in [2.24, 2.45) is 0 Å². The molecular weight excluding hydrogens is 384 g/mol. The summed E-state index contributed by atoms with van der Waals surface area (Å²) in [7, 11) is -3.32. The molecule has 1 aliphatic heterocycles. The number of carbonyl (C=O) groups is 1. The van der Waals surface area contributed by atoms with Crippen molar-refractivity contribution in [3.05, 3.63) is 70.2 Å². The maximum atomic E-state index is 12.6. The molecule has 1 amide bonds. The molecule has 0 unspecified atom stereocenters. The number of amides is 1. The number of nitrogens with one attached hydrogen (secondary N) is 1. The fraction of sp³-hybridized carbons (Fsp3) is 0.350. The van der Waals surface area contributed by atoms with Gasteiger partial charge >= 0.3 is 0 Å². The van der Waals surface area contributed by atoms with Crippen molar-refractivity contribution in [2.75, 3.05) is 18.8 Å². The molecule has 0 fully saturated rings. The lowest BCUT2D eigenvalue weighted by Gasteiger charge is -2.28. The number of halogens is 1. The van der Waals surface area contributed by atoms with Gasteiger partial charge in [-0.25, -0.2) is 8.42 Å². The minimum atomic E-state index is -3.32. The molecule has 0 atom stereocenters. The smallest absolute Gasteiger partial charge is 0.224 e. The van der Waals surface area contributed by atoms with Crippen LogP contribution in [0.25, 0.3) is 0 Å². The third-order valence-electron chi connectivity index (χ3n) is 4.67. The van der Waals surface area contributed by atoms with E-state index in [0.29, 0.717) is 31.1 Å². The van der Waals surface area contributed by atoms with E-state index in [0.717, 1.165) is 17.5 Å². The Morgan fingerprint density at radius 1 is 1.07 bits per heavy atom. The van der Waals surface area contributed by atoms with Gasteiger partial charge in [-0.15, -0.1) is 0 Å². The first kappa shape index (κ1) is 19.9. The van der Waals surface area contributed by atoms with Crippen LogP contribution in [0.5, 0.6) is 0 Å². The first-order chi connectivity index (χ1) is 12.9. The normalized spacial score (nSPS) is 14.6. The van der Waals surface area contributed by atoms with Crippen molar-refractivity contribution < 1.29 is 13.2 Å². The molecule has 7 heteroatoms. The number of sulfonamides is 1. The Morgan fingerprint density at radius 3 is 2.52 bits per heavy atom. The van der Waals surface area contributed by atoms with Gasteiger partial charge in [0.05, 0.1) is 12.2 Å². The molecule has 0 aromatic heterocycles. The maximum absolute atomic E-state index is 12.6. The van der Waals surface area contributed by atoms with Gasteiger partial charge in [-0.2, -0.15) is 4.31 Å². The topological polar surface area (TPSA) is 66.5 Å². The summed E-state index contributed by atoms with van der Waals surface area (Å²) in [5.74, 6) is -0.0854. The molecule has 3 rings (SSSR count). The van der Waals surface area contributed by atoms with Gasteiger partial charge in [0, 0.05) is 24.7 Å². The van der Waals surface area contributed by atoms with Gasteiger partial charge < -0.3 is 5.32 Å². The molecule has 0 saturated carbocycles. The van der Waals surface area contributed by atoms with Crippen LogP contribution in [0.2, 0.25) is 5.02 Å². The Morgan fingerprint density at radius 2 is 1.78 bits per heavy atom. The van der Waals surface area contributed by atoms with Gasteiger partial charge in [-0.1, -0.05) is 48.0 Å². The van der Waals surface area contributed by atoms with Crippen LogP contribution >= 0.6 is 11.6 Å². The number of hydrogen-bond acceptors (Lipinski definition) is 3. The zero-order valence-corrected chi connectivity index (χ0v) is 16.6. The SMILES string of the molecule is O=C(Cc1ccc(Cl)cc1)NCCCS(=O)(=O)N1CCc2ccccc2C1. The van der Waals surface area contributed by atoms with Gasteiger partial charge in [0.15, 0.2) is 0 Å². The van der Waals surface area contributed by atoms with E-state index in [-0.39, 0.29) is 18.1 Å². The van der Waals surface area contributed by atoms with Crippen LogP contribution < -0.4 is 5.32 Å². The molecule has 27 heavy (non-hydrogen) atoms. The second-order valence-corrected chi connectivity index (χ2v) is 9.20. The predicted molar refractivity (Wildman–Crippen MR) is 107 cm³/mol. The molecule has 2 aromatic carbocycles. The maximum Gasteiger partial charge on any atom is 0.224 e. The number of fused-ring (bicyclic) bond motifs is 1. The molecule has 144 valence electrons. The standard InChI is InChI=1S/C20H23ClN2O3S/c21-19-8-6-16(7-9-19)14-20(24)22-11-3-13-27(25,26)23-12-10-17-4-1-2-5-18(17)15-23/h1-2,4-9H,3,10-15H2,(H,22,24). The monoisotopic (exact) mass is 406 g/mol. The molecule has 0 aliphatic carbocycles. The van der Waals surface area contributed by atoms with Crippen molar-refractivity contribution >= 4 is 27.5 Å². The third-order valence-corrected chi connectivity index (χ3v) is 6.82. The zero-order valence-electron chi connectivity index (χ0n) is 15.0. The van der Waals surface area contributed by atoms with E-state index in [1.807, 2.05) is 18.2 Å². The minimum absolute atomic E-state index is 0.0381. The number of carbonyl (C=O) groups excluding carboxylic acids is 1. The highest BCUT2D eigenvalue weighted by Gasteiger charge is 2.25. The molecule has 0 bridgehead atoms. The summed E-state index contributed by atoms with van der Waals surface area (Å²) in [6, 6.07) is 15.0. The average Bonchev–Trinajstić information content (AvgIpc) is 2.67. The van der Waals surface area contributed by atoms with E-state index in [4.69, 9.17) is 11.6 Å². The Bertz CT molecular complexity index is 898. The molecule has 1 aliphatic rings. The molecule has 1 heterocycles. The van der Waals surface area contributed by atoms with Crippen molar-refractivity contribution in [3.63, 3.8) is 0 Å². The van der Waals surface area contributed by atoms with Crippen molar-refractivity contribution in [1.82, 2.24) is 9.62 Å². The van der Waals surface area contributed by atoms with E-state index in [1.165, 1.54) is 5.56 Å². The van der Waals surface area contributed by atoms with Gasteiger partial charge in [0.25, 0.3) is 0 Å². The van der Waals surface area contributed by atoms with Crippen molar-refractivity contribution in [1.29, 1.82) is 0 Å². The summed E-state index contributed by atoms with van der Waals surface area (Å²) in [4.78, 5) is 12.0. The molecule has 0 radical (unpaired) electrons. The average molecular weight is 407 g/mol. The highest BCUT2D eigenvalue weighted by molar-refractivity contribution is 7.89. The number of rotatable bonds is 7. The molecule has 0 spiro atoms. The highest BCUT2D eigenvalue weighted by Crippen LogP contribution is 2.21. The lowest BCUT2D eigenvalue weighted by atomic mass is 10.0. The van der Waals surface area contributed by atoms with E-state index in [9.17, 15) is 13.2 Å². The van der Waals surface area contributed by atoms with E-state index in [1.54, 1.807) is 28.6 Å². The number of benzene rings is 2. The van der Waals surface area contributed by atoms with Gasteiger partial charge in [-0.3, -0.25) is 4.79 Å². The minimum Gasteiger partial charge on any atom is -0.356 e. The fourth-order valence-corrected chi connectivity index (χ4v) is 4.77. The Labute approximate surface area is 165 Å². The molecule has 2 aromatic rings. The van der Waals surface area contributed by atoms with E-state index >= 15 is 0 Å². The largest absolute Gasteiger partial charge is 0.356 e. The summed E-state index contributed by atoms with van der Waals surface area (Å²) in [6.07, 6.45) is 1.40. The Balaban J connectivity index is 1.43.